The highest BCUT2D eigenvalue weighted by atomic mass is 15.0. The summed E-state index contributed by atoms with van der Waals surface area (Å²) in [6.45, 7) is 2.09. The quantitative estimate of drug-likeness (QED) is 0.277. The number of aromatic nitrogens is 3. The van der Waals surface area contributed by atoms with Gasteiger partial charge in [0.15, 0.2) is 17.5 Å². The van der Waals surface area contributed by atoms with E-state index >= 15 is 0 Å². The van der Waals surface area contributed by atoms with Crippen LogP contribution in [0.25, 0.3) is 55.7 Å². The normalized spacial score (nSPS) is 11.2. The molecule has 0 unspecified atom stereocenters. The molecular weight excluding hydrogens is 402 g/mol. The zero-order valence-corrected chi connectivity index (χ0v) is 18.2. The van der Waals surface area contributed by atoms with Crippen LogP contribution in [-0.4, -0.2) is 15.0 Å². The fourth-order valence-electron chi connectivity index (χ4n) is 4.32. The summed E-state index contributed by atoms with van der Waals surface area (Å²) in [6, 6.07) is 37.6. The summed E-state index contributed by atoms with van der Waals surface area (Å²) in [6.07, 6.45) is 0. The monoisotopic (exact) mass is 423 g/mol. The summed E-state index contributed by atoms with van der Waals surface area (Å²) in [5.74, 6) is 2.05. The van der Waals surface area contributed by atoms with Gasteiger partial charge in [-0.05, 0) is 40.1 Å². The van der Waals surface area contributed by atoms with Crippen molar-refractivity contribution < 1.29 is 0 Å². The topological polar surface area (TPSA) is 38.7 Å². The molecule has 0 saturated heterocycles. The van der Waals surface area contributed by atoms with E-state index < -0.39 is 0 Å². The van der Waals surface area contributed by atoms with E-state index in [0.29, 0.717) is 17.5 Å². The van der Waals surface area contributed by atoms with E-state index in [1.54, 1.807) is 0 Å². The molecule has 1 aromatic heterocycles. The Labute approximate surface area is 192 Å². The highest BCUT2D eigenvalue weighted by molar-refractivity contribution is 6.08. The van der Waals surface area contributed by atoms with E-state index in [1.165, 1.54) is 21.5 Å². The number of hydrogen-bond donors (Lipinski definition) is 0. The average molecular weight is 424 g/mol. The minimum Gasteiger partial charge on any atom is -0.208 e. The highest BCUT2D eigenvalue weighted by Gasteiger charge is 2.14. The number of benzene rings is 5. The average Bonchev–Trinajstić information content (AvgIpc) is 2.89. The molecule has 3 nitrogen and oxygen atoms in total. The van der Waals surface area contributed by atoms with Gasteiger partial charge >= 0.3 is 0 Å². The third kappa shape index (κ3) is 3.54. The van der Waals surface area contributed by atoms with Crippen molar-refractivity contribution >= 4 is 21.5 Å². The van der Waals surface area contributed by atoms with Gasteiger partial charge in [-0.3, -0.25) is 0 Å². The van der Waals surface area contributed by atoms with E-state index in [2.05, 4.69) is 73.7 Å². The van der Waals surface area contributed by atoms with E-state index in [-0.39, 0.29) is 0 Å². The molecule has 3 heteroatoms. The van der Waals surface area contributed by atoms with Gasteiger partial charge in [0.1, 0.15) is 0 Å². The van der Waals surface area contributed by atoms with Crippen molar-refractivity contribution in [2.75, 3.05) is 0 Å². The van der Waals surface area contributed by atoms with Crippen molar-refractivity contribution in [3.8, 4) is 34.2 Å². The minimum absolute atomic E-state index is 0.678. The zero-order valence-electron chi connectivity index (χ0n) is 18.2. The molecular formula is C30H21N3. The lowest BCUT2D eigenvalue weighted by Gasteiger charge is -2.11. The minimum atomic E-state index is 0.678. The summed E-state index contributed by atoms with van der Waals surface area (Å²) >= 11 is 0. The Kier molecular flexibility index (Phi) is 4.66. The molecule has 5 aromatic carbocycles. The lowest BCUT2D eigenvalue weighted by atomic mass is 10.00. The molecule has 0 amide bonds. The Balaban J connectivity index is 1.57. The summed E-state index contributed by atoms with van der Waals surface area (Å²) < 4.78 is 0. The molecule has 0 atom stereocenters. The van der Waals surface area contributed by atoms with E-state index in [4.69, 9.17) is 15.0 Å². The number of aryl methyl sites for hydroxylation is 1. The van der Waals surface area contributed by atoms with Crippen molar-refractivity contribution in [3.63, 3.8) is 0 Å². The second-order valence-corrected chi connectivity index (χ2v) is 8.21. The second-order valence-electron chi connectivity index (χ2n) is 8.21. The largest absolute Gasteiger partial charge is 0.208 e. The Bertz CT molecular complexity index is 1620. The number of nitrogens with zero attached hydrogens (tertiary/aromatic N) is 3. The van der Waals surface area contributed by atoms with Crippen molar-refractivity contribution in [3.05, 3.63) is 115 Å². The first kappa shape index (κ1) is 19.3. The van der Waals surface area contributed by atoms with Crippen molar-refractivity contribution in [1.29, 1.82) is 0 Å². The molecule has 0 radical (unpaired) electrons. The number of hydrogen-bond acceptors (Lipinski definition) is 3. The second kappa shape index (κ2) is 7.95. The molecule has 156 valence electrons. The molecule has 1 heterocycles. The van der Waals surface area contributed by atoms with Crippen LogP contribution in [0.1, 0.15) is 5.56 Å². The maximum absolute atomic E-state index is 4.91. The van der Waals surface area contributed by atoms with Gasteiger partial charge in [-0.25, -0.2) is 15.0 Å². The third-order valence-corrected chi connectivity index (χ3v) is 6.06. The molecule has 0 aliphatic rings. The van der Waals surface area contributed by atoms with Crippen LogP contribution >= 0.6 is 0 Å². The molecule has 0 spiro atoms. The van der Waals surface area contributed by atoms with Crippen LogP contribution in [0.3, 0.4) is 0 Å². The van der Waals surface area contributed by atoms with Crippen LogP contribution in [-0.2, 0) is 0 Å². The van der Waals surface area contributed by atoms with Gasteiger partial charge in [0.05, 0.1) is 0 Å². The molecule has 6 aromatic rings. The molecule has 0 saturated carbocycles. The molecule has 0 N–H and O–H groups in total. The van der Waals surface area contributed by atoms with Gasteiger partial charge in [-0.2, -0.15) is 0 Å². The summed E-state index contributed by atoms with van der Waals surface area (Å²) in [5.41, 5.74) is 4.11. The smallest absolute Gasteiger partial charge is 0.164 e. The zero-order chi connectivity index (χ0) is 22.2. The SMILES string of the molecule is Cc1ccccc1-c1nc(-c2ccccc2)nc(-c2ccc3c(ccc4ccccc43)c2)n1. The summed E-state index contributed by atoms with van der Waals surface area (Å²) in [4.78, 5) is 14.6. The van der Waals surface area contributed by atoms with Crippen LogP contribution < -0.4 is 0 Å². The van der Waals surface area contributed by atoms with Gasteiger partial charge in [0.25, 0.3) is 0 Å². The van der Waals surface area contributed by atoms with Gasteiger partial charge in [0.2, 0.25) is 0 Å². The Morgan fingerprint density at radius 1 is 0.455 bits per heavy atom. The molecule has 0 aliphatic heterocycles. The Hall–Kier alpha value is -4.37. The standard InChI is InChI=1S/C30H21N3/c1-20-9-5-7-13-25(20)30-32-28(22-11-3-2-4-12-22)31-29(33-30)24-17-18-27-23(19-24)16-15-21-10-6-8-14-26(21)27/h2-19H,1H3. The van der Waals surface area contributed by atoms with Crippen molar-refractivity contribution in [1.82, 2.24) is 15.0 Å². The van der Waals surface area contributed by atoms with Gasteiger partial charge in [-0.1, -0.05) is 103 Å². The maximum atomic E-state index is 4.91. The Morgan fingerprint density at radius 3 is 1.94 bits per heavy atom. The van der Waals surface area contributed by atoms with E-state index in [0.717, 1.165) is 22.3 Å². The van der Waals surface area contributed by atoms with Crippen LogP contribution in [0.2, 0.25) is 0 Å². The first-order chi connectivity index (χ1) is 16.3. The fourth-order valence-corrected chi connectivity index (χ4v) is 4.32. The summed E-state index contributed by atoms with van der Waals surface area (Å²) in [7, 11) is 0. The lowest BCUT2D eigenvalue weighted by Crippen LogP contribution is -2.01. The first-order valence-corrected chi connectivity index (χ1v) is 11.1. The van der Waals surface area contributed by atoms with Gasteiger partial charge in [-0.15, -0.1) is 0 Å². The predicted octanol–water partition coefficient (Wildman–Crippen LogP) is 7.49. The molecule has 0 fully saturated rings. The van der Waals surface area contributed by atoms with Crippen molar-refractivity contribution in [2.45, 2.75) is 6.92 Å². The highest BCUT2D eigenvalue weighted by Crippen LogP contribution is 2.30. The number of fused-ring (bicyclic) bond motifs is 3. The maximum Gasteiger partial charge on any atom is 0.164 e. The van der Waals surface area contributed by atoms with Crippen molar-refractivity contribution in [2.24, 2.45) is 0 Å². The molecule has 33 heavy (non-hydrogen) atoms. The first-order valence-electron chi connectivity index (χ1n) is 11.1. The number of rotatable bonds is 3. The van der Waals surface area contributed by atoms with Crippen LogP contribution in [0.4, 0.5) is 0 Å². The van der Waals surface area contributed by atoms with Crippen LogP contribution in [0, 0.1) is 6.92 Å². The lowest BCUT2D eigenvalue weighted by molar-refractivity contribution is 1.07. The molecule has 0 aliphatic carbocycles. The van der Waals surface area contributed by atoms with E-state index in [9.17, 15) is 0 Å². The Morgan fingerprint density at radius 2 is 1.09 bits per heavy atom. The third-order valence-electron chi connectivity index (χ3n) is 6.06. The van der Waals surface area contributed by atoms with E-state index in [1.807, 2.05) is 42.5 Å². The molecule has 0 bridgehead atoms. The van der Waals surface area contributed by atoms with Gasteiger partial charge in [0, 0.05) is 16.7 Å². The summed E-state index contributed by atoms with van der Waals surface area (Å²) in [5, 5.41) is 4.90. The predicted molar refractivity (Wildman–Crippen MR) is 136 cm³/mol. The van der Waals surface area contributed by atoms with Crippen LogP contribution in [0.5, 0.6) is 0 Å². The molecule has 6 rings (SSSR count). The van der Waals surface area contributed by atoms with Gasteiger partial charge < -0.3 is 0 Å². The fraction of sp³-hybridized carbons (Fsp3) is 0.0333. The van der Waals surface area contributed by atoms with Crippen LogP contribution in [0.15, 0.2) is 109 Å².